The van der Waals surface area contributed by atoms with E-state index in [9.17, 15) is 0 Å². The maximum atomic E-state index is 5.39. The first-order chi connectivity index (χ1) is 13.2. The van der Waals surface area contributed by atoms with Crippen LogP contribution in [0.25, 0.3) is 22.8 Å². The zero-order valence-corrected chi connectivity index (χ0v) is 16.0. The molecule has 0 bridgehead atoms. The van der Waals surface area contributed by atoms with Crippen molar-refractivity contribution in [3.63, 3.8) is 0 Å². The van der Waals surface area contributed by atoms with E-state index in [2.05, 4.69) is 31.8 Å². The highest BCUT2D eigenvalue weighted by molar-refractivity contribution is 7.98. The highest BCUT2D eigenvalue weighted by Gasteiger charge is 2.15. The average molecular weight is 377 g/mol. The molecule has 0 saturated heterocycles. The lowest BCUT2D eigenvalue weighted by Gasteiger charge is -2.06. The van der Waals surface area contributed by atoms with E-state index in [0.717, 1.165) is 28.7 Å². The smallest absolute Gasteiger partial charge is 0.257 e. The summed E-state index contributed by atoms with van der Waals surface area (Å²) in [5, 5.41) is 13.6. The first-order valence-electron chi connectivity index (χ1n) is 8.75. The van der Waals surface area contributed by atoms with Crippen LogP contribution in [0.4, 0.5) is 0 Å². The van der Waals surface area contributed by atoms with Crippen LogP contribution in [0.2, 0.25) is 0 Å². The summed E-state index contributed by atoms with van der Waals surface area (Å²) in [7, 11) is 0. The lowest BCUT2D eigenvalue weighted by atomic mass is 10.1. The second-order valence-corrected chi connectivity index (χ2v) is 7.03. The van der Waals surface area contributed by atoms with Crippen molar-refractivity contribution in [2.24, 2.45) is 0 Å². The summed E-state index contributed by atoms with van der Waals surface area (Å²) >= 11 is 1.56. The van der Waals surface area contributed by atoms with Crippen molar-refractivity contribution < 1.29 is 4.52 Å². The largest absolute Gasteiger partial charge is 0.334 e. The van der Waals surface area contributed by atoms with Crippen molar-refractivity contribution in [2.45, 2.75) is 31.3 Å². The molecule has 7 heteroatoms. The van der Waals surface area contributed by atoms with Crippen molar-refractivity contribution in [2.75, 3.05) is 0 Å². The highest BCUT2D eigenvalue weighted by Crippen LogP contribution is 2.26. The van der Waals surface area contributed by atoms with Gasteiger partial charge in [0.25, 0.3) is 5.89 Å². The summed E-state index contributed by atoms with van der Waals surface area (Å²) in [5.41, 5.74) is 3.18. The molecule has 0 aliphatic heterocycles. The second-order valence-electron chi connectivity index (χ2n) is 6.09. The number of hydrogen-bond acceptors (Lipinski definition) is 6. The fourth-order valence-corrected chi connectivity index (χ4v) is 3.58. The Bertz CT molecular complexity index is 1020. The molecule has 27 heavy (non-hydrogen) atoms. The van der Waals surface area contributed by atoms with E-state index in [1.165, 1.54) is 5.56 Å². The predicted molar refractivity (Wildman–Crippen MR) is 105 cm³/mol. The van der Waals surface area contributed by atoms with Crippen molar-refractivity contribution in [1.29, 1.82) is 0 Å². The van der Waals surface area contributed by atoms with Gasteiger partial charge in [0, 0.05) is 17.7 Å². The van der Waals surface area contributed by atoms with Crippen molar-refractivity contribution in [3.8, 4) is 22.8 Å². The molecule has 4 aromatic rings. The maximum Gasteiger partial charge on any atom is 0.257 e. The first-order valence-corrected chi connectivity index (χ1v) is 9.74. The number of aromatic nitrogens is 5. The lowest BCUT2D eigenvalue weighted by Crippen LogP contribution is -2.00. The molecule has 136 valence electrons. The molecule has 0 spiro atoms. The molecule has 0 aliphatic rings. The quantitative estimate of drug-likeness (QED) is 0.457. The summed E-state index contributed by atoms with van der Waals surface area (Å²) < 4.78 is 7.49. The number of rotatable bonds is 6. The van der Waals surface area contributed by atoms with Crippen LogP contribution in [0.15, 0.2) is 64.3 Å². The van der Waals surface area contributed by atoms with Crippen LogP contribution in [0.1, 0.15) is 18.3 Å². The van der Waals surface area contributed by atoms with Gasteiger partial charge in [0.1, 0.15) is 0 Å². The number of nitrogens with zero attached hydrogens (tertiary/aromatic N) is 5. The summed E-state index contributed by atoms with van der Waals surface area (Å²) in [4.78, 5) is 4.49. The van der Waals surface area contributed by atoms with E-state index in [1.54, 1.807) is 11.8 Å². The van der Waals surface area contributed by atoms with E-state index >= 15 is 0 Å². The molecule has 0 fully saturated rings. The third kappa shape index (κ3) is 3.78. The molecular weight excluding hydrogens is 358 g/mol. The Balaban J connectivity index is 1.50. The van der Waals surface area contributed by atoms with Gasteiger partial charge in [-0.15, -0.1) is 10.2 Å². The number of hydrogen-bond donors (Lipinski definition) is 0. The third-order valence-corrected chi connectivity index (χ3v) is 5.12. The van der Waals surface area contributed by atoms with Gasteiger partial charge in [-0.2, -0.15) is 4.98 Å². The summed E-state index contributed by atoms with van der Waals surface area (Å²) in [6.07, 6.45) is 0. The van der Waals surface area contributed by atoms with E-state index < -0.39 is 0 Å². The number of thioether (sulfide) groups is 1. The monoisotopic (exact) mass is 377 g/mol. The van der Waals surface area contributed by atoms with Crippen LogP contribution >= 0.6 is 11.8 Å². The topological polar surface area (TPSA) is 69.6 Å². The van der Waals surface area contributed by atoms with Gasteiger partial charge in [-0.25, -0.2) is 0 Å². The van der Waals surface area contributed by atoms with E-state index in [0.29, 0.717) is 17.5 Å². The minimum atomic E-state index is 0.535. The van der Waals surface area contributed by atoms with Gasteiger partial charge in [-0.1, -0.05) is 64.9 Å². The van der Waals surface area contributed by atoms with Gasteiger partial charge in [0.2, 0.25) is 0 Å². The third-order valence-electron chi connectivity index (χ3n) is 4.16. The zero-order valence-electron chi connectivity index (χ0n) is 15.2. The average Bonchev–Trinajstić information content (AvgIpc) is 3.34. The molecular formula is C20H19N5OS. The normalized spacial score (nSPS) is 11.0. The van der Waals surface area contributed by atoms with E-state index in [-0.39, 0.29) is 0 Å². The molecule has 6 nitrogen and oxygen atoms in total. The fourth-order valence-electron chi connectivity index (χ4n) is 2.74. The molecule has 0 amide bonds. The highest BCUT2D eigenvalue weighted by atomic mass is 32.2. The van der Waals surface area contributed by atoms with Crippen molar-refractivity contribution in [3.05, 3.63) is 66.0 Å². The Kier molecular flexibility index (Phi) is 5.02. The van der Waals surface area contributed by atoms with Crippen LogP contribution < -0.4 is 0 Å². The van der Waals surface area contributed by atoms with Crippen LogP contribution in [0, 0.1) is 6.92 Å². The molecule has 0 saturated carbocycles. The molecule has 4 rings (SSSR count). The molecule has 0 atom stereocenters. The SMILES string of the molecule is CCn1c(SCc2noc(-c3ccc(C)cc3)n2)nnc1-c1ccccc1. The van der Waals surface area contributed by atoms with E-state index in [4.69, 9.17) is 4.52 Å². The lowest BCUT2D eigenvalue weighted by molar-refractivity contribution is 0.425. The number of benzene rings is 2. The Morgan fingerprint density at radius 1 is 0.963 bits per heavy atom. The van der Waals surface area contributed by atoms with Crippen LogP contribution in [-0.4, -0.2) is 24.9 Å². The Labute approximate surface area is 161 Å². The molecule has 2 aromatic heterocycles. The van der Waals surface area contributed by atoms with Crippen LogP contribution in [0.3, 0.4) is 0 Å². The van der Waals surface area contributed by atoms with Crippen LogP contribution in [0.5, 0.6) is 0 Å². The summed E-state index contributed by atoms with van der Waals surface area (Å²) in [5.74, 6) is 2.62. The summed E-state index contributed by atoms with van der Waals surface area (Å²) in [6.45, 7) is 4.93. The molecule has 0 aliphatic carbocycles. The van der Waals surface area contributed by atoms with Crippen molar-refractivity contribution in [1.82, 2.24) is 24.9 Å². The van der Waals surface area contributed by atoms with Gasteiger partial charge in [-0.3, -0.25) is 0 Å². The van der Waals surface area contributed by atoms with Crippen molar-refractivity contribution >= 4 is 11.8 Å². The van der Waals surface area contributed by atoms with Gasteiger partial charge >= 0.3 is 0 Å². The molecule has 0 unspecified atom stereocenters. The Morgan fingerprint density at radius 3 is 2.48 bits per heavy atom. The van der Waals surface area contributed by atoms with Gasteiger partial charge in [-0.05, 0) is 26.0 Å². The maximum absolute atomic E-state index is 5.39. The van der Waals surface area contributed by atoms with E-state index in [1.807, 2.05) is 61.5 Å². The summed E-state index contributed by atoms with van der Waals surface area (Å²) in [6, 6.07) is 18.1. The minimum absolute atomic E-state index is 0.535. The molecule has 2 aromatic carbocycles. The van der Waals surface area contributed by atoms with Gasteiger partial charge < -0.3 is 9.09 Å². The zero-order chi connectivity index (χ0) is 18.6. The van der Waals surface area contributed by atoms with Gasteiger partial charge in [0.15, 0.2) is 16.8 Å². The number of aryl methyl sites for hydroxylation is 1. The Hall–Kier alpha value is -2.93. The molecule has 0 radical (unpaired) electrons. The first kappa shape index (κ1) is 17.5. The molecule has 0 N–H and O–H groups in total. The standard InChI is InChI=1S/C20H19N5OS/c1-3-25-18(15-7-5-4-6-8-15)22-23-20(25)27-13-17-21-19(26-24-17)16-11-9-14(2)10-12-16/h4-12H,3,13H2,1-2H3. The Morgan fingerprint density at radius 2 is 1.74 bits per heavy atom. The van der Waals surface area contributed by atoms with Crippen LogP contribution in [-0.2, 0) is 12.3 Å². The second kappa shape index (κ2) is 7.75. The minimum Gasteiger partial charge on any atom is -0.334 e. The van der Waals surface area contributed by atoms with Gasteiger partial charge in [0.05, 0.1) is 5.75 Å². The predicted octanol–water partition coefficient (Wildman–Crippen LogP) is 4.62. The molecule has 2 heterocycles. The fraction of sp³-hybridized carbons (Fsp3) is 0.200.